The van der Waals surface area contributed by atoms with E-state index in [0.29, 0.717) is 5.92 Å². The van der Waals surface area contributed by atoms with Gasteiger partial charge in [-0.25, -0.2) is 0 Å². The zero-order valence-electron chi connectivity index (χ0n) is 9.04. The van der Waals surface area contributed by atoms with E-state index in [-0.39, 0.29) is 6.10 Å². The van der Waals surface area contributed by atoms with Gasteiger partial charge in [0.2, 0.25) is 0 Å². The number of hydrogen-bond donors (Lipinski definition) is 1. The van der Waals surface area contributed by atoms with Crippen LogP contribution in [0.4, 0.5) is 0 Å². The van der Waals surface area contributed by atoms with E-state index in [2.05, 4.69) is 41.1 Å². The van der Waals surface area contributed by atoms with Gasteiger partial charge in [-0.3, -0.25) is 0 Å². The molecule has 1 aliphatic carbocycles. The summed E-state index contributed by atoms with van der Waals surface area (Å²) >= 11 is 3.50. The first-order valence-corrected chi connectivity index (χ1v) is 6.45. The minimum atomic E-state index is -0.123. The van der Waals surface area contributed by atoms with Crippen LogP contribution in [0, 0.1) is 5.92 Å². The van der Waals surface area contributed by atoms with Crippen molar-refractivity contribution in [3.05, 3.63) is 33.8 Å². The van der Waals surface area contributed by atoms with Gasteiger partial charge < -0.3 is 5.11 Å². The van der Waals surface area contributed by atoms with E-state index in [9.17, 15) is 5.11 Å². The topological polar surface area (TPSA) is 20.2 Å². The maximum Gasteiger partial charge on any atom is 0.0569 e. The summed E-state index contributed by atoms with van der Waals surface area (Å²) in [6.45, 7) is 2.06. The predicted octanol–water partition coefficient (Wildman–Crippen LogP) is 3.32. The highest BCUT2D eigenvalue weighted by atomic mass is 79.9. The third kappa shape index (κ3) is 2.43. The molecule has 0 saturated heterocycles. The van der Waals surface area contributed by atoms with Gasteiger partial charge in [0.25, 0.3) is 0 Å². The Labute approximate surface area is 99.6 Å². The maximum atomic E-state index is 9.85. The van der Waals surface area contributed by atoms with Crippen LogP contribution in [0.2, 0.25) is 0 Å². The van der Waals surface area contributed by atoms with Crippen LogP contribution in [0.5, 0.6) is 0 Å². The van der Waals surface area contributed by atoms with Gasteiger partial charge in [-0.2, -0.15) is 0 Å². The molecule has 1 aliphatic rings. The lowest BCUT2D eigenvalue weighted by Crippen LogP contribution is -2.26. The van der Waals surface area contributed by atoms with Gasteiger partial charge in [0.1, 0.15) is 0 Å². The Morgan fingerprint density at radius 2 is 2.27 bits per heavy atom. The molecule has 1 aromatic rings. The highest BCUT2D eigenvalue weighted by Crippen LogP contribution is 2.30. The van der Waals surface area contributed by atoms with Gasteiger partial charge >= 0.3 is 0 Å². The number of aliphatic hydroxyl groups is 1. The number of hydrogen-bond acceptors (Lipinski definition) is 1. The van der Waals surface area contributed by atoms with Crippen LogP contribution < -0.4 is 0 Å². The molecule has 0 saturated carbocycles. The van der Waals surface area contributed by atoms with Crippen LogP contribution >= 0.6 is 15.9 Å². The number of benzene rings is 1. The molecule has 1 nitrogen and oxygen atoms in total. The summed E-state index contributed by atoms with van der Waals surface area (Å²) in [4.78, 5) is 0. The van der Waals surface area contributed by atoms with E-state index in [1.807, 2.05) is 0 Å². The molecule has 0 spiro atoms. The van der Waals surface area contributed by atoms with Crippen molar-refractivity contribution in [1.82, 2.24) is 0 Å². The maximum absolute atomic E-state index is 9.85. The van der Waals surface area contributed by atoms with Gasteiger partial charge in [-0.05, 0) is 54.9 Å². The summed E-state index contributed by atoms with van der Waals surface area (Å²) in [5.41, 5.74) is 2.87. The summed E-state index contributed by atoms with van der Waals surface area (Å²) in [6, 6.07) is 6.50. The Bertz CT molecular complexity index is 348. The van der Waals surface area contributed by atoms with Gasteiger partial charge in [0, 0.05) is 4.47 Å². The predicted molar refractivity (Wildman–Crippen MR) is 66.0 cm³/mol. The van der Waals surface area contributed by atoms with E-state index in [1.165, 1.54) is 11.1 Å². The van der Waals surface area contributed by atoms with Crippen LogP contribution in [-0.2, 0) is 12.8 Å². The van der Waals surface area contributed by atoms with E-state index in [1.54, 1.807) is 0 Å². The van der Waals surface area contributed by atoms with Crippen LogP contribution in [0.1, 0.15) is 30.9 Å². The van der Waals surface area contributed by atoms with Crippen molar-refractivity contribution in [2.75, 3.05) is 0 Å². The molecule has 2 heteroatoms. The van der Waals surface area contributed by atoms with E-state index in [4.69, 9.17) is 0 Å². The fourth-order valence-electron chi connectivity index (χ4n) is 2.41. The Balaban J connectivity index is 2.16. The number of fused-ring (bicyclic) bond motifs is 1. The molecule has 0 aliphatic heterocycles. The van der Waals surface area contributed by atoms with E-state index in [0.717, 1.165) is 30.2 Å². The summed E-state index contributed by atoms with van der Waals surface area (Å²) in [5, 5.41) is 9.85. The third-order valence-electron chi connectivity index (χ3n) is 3.40. The first-order chi connectivity index (χ1) is 7.20. The summed E-state index contributed by atoms with van der Waals surface area (Å²) in [6.07, 6.45) is 4.02. The molecule has 0 bridgehead atoms. The smallest absolute Gasteiger partial charge is 0.0569 e. The van der Waals surface area contributed by atoms with Crippen molar-refractivity contribution in [2.24, 2.45) is 5.92 Å². The quantitative estimate of drug-likeness (QED) is 0.873. The average molecular weight is 269 g/mol. The fourth-order valence-corrected chi connectivity index (χ4v) is 2.82. The Morgan fingerprint density at radius 1 is 1.47 bits per heavy atom. The molecule has 82 valence electrons. The largest absolute Gasteiger partial charge is 0.393 e. The summed E-state index contributed by atoms with van der Waals surface area (Å²) in [7, 11) is 0. The molecule has 1 aromatic carbocycles. The molecular formula is C13H17BrO. The first-order valence-electron chi connectivity index (χ1n) is 5.66. The second kappa shape index (κ2) is 4.67. The first kappa shape index (κ1) is 11.2. The lowest BCUT2D eigenvalue weighted by Gasteiger charge is -2.28. The lowest BCUT2D eigenvalue weighted by atomic mass is 9.80. The third-order valence-corrected chi connectivity index (χ3v) is 3.89. The van der Waals surface area contributed by atoms with Crippen molar-refractivity contribution in [1.29, 1.82) is 0 Å². The van der Waals surface area contributed by atoms with Crippen molar-refractivity contribution >= 4 is 15.9 Å². The molecule has 0 aromatic heterocycles. The second-order valence-electron chi connectivity index (χ2n) is 4.39. The Hall–Kier alpha value is -0.340. The molecular weight excluding hydrogens is 252 g/mol. The minimum absolute atomic E-state index is 0.123. The van der Waals surface area contributed by atoms with Crippen LogP contribution in [0.3, 0.4) is 0 Å². The van der Waals surface area contributed by atoms with Crippen LogP contribution in [-0.4, -0.2) is 11.2 Å². The molecule has 2 rings (SSSR count). The molecule has 15 heavy (non-hydrogen) atoms. The number of aryl methyl sites for hydroxylation is 1. The van der Waals surface area contributed by atoms with Crippen molar-refractivity contribution < 1.29 is 5.11 Å². The van der Waals surface area contributed by atoms with Crippen LogP contribution in [0.15, 0.2) is 22.7 Å². The van der Waals surface area contributed by atoms with E-state index < -0.39 is 0 Å². The SMILES string of the molecule is CCC(O)C1CCc2cc(Br)ccc2C1. The summed E-state index contributed by atoms with van der Waals surface area (Å²) < 4.78 is 1.16. The zero-order valence-corrected chi connectivity index (χ0v) is 10.6. The van der Waals surface area contributed by atoms with Crippen LogP contribution in [0.25, 0.3) is 0 Å². The summed E-state index contributed by atoms with van der Waals surface area (Å²) in [5.74, 6) is 0.462. The van der Waals surface area contributed by atoms with Gasteiger partial charge in [-0.1, -0.05) is 28.9 Å². The number of rotatable bonds is 2. The minimum Gasteiger partial charge on any atom is -0.393 e. The van der Waals surface area contributed by atoms with Crippen molar-refractivity contribution in [3.63, 3.8) is 0 Å². The molecule has 1 N–H and O–H groups in total. The van der Waals surface area contributed by atoms with Gasteiger partial charge in [-0.15, -0.1) is 0 Å². The molecule has 2 atom stereocenters. The monoisotopic (exact) mass is 268 g/mol. The van der Waals surface area contributed by atoms with Crippen molar-refractivity contribution in [2.45, 2.75) is 38.7 Å². The normalized spacial score (nSPS) is 22.2. The highest BCUT2D eigenvalue weighted by Gasteiger charge is 2.23. The lowest BCUT2D eigenvalue weighted by molar-refractivity contribution is 0.0955. The highest BCUT2D eigenvalue weighted by molar-refractivity contribution is 9.10. The average Bonchev–Trinajstić information content (AvgIpc) is 2.27. The molecule has 0 heterocycles. The standard InChI is InChI=1S/C13H17BrO/c1-2-13(15)11-4-3-10-8-12(14)6-5-9(10)7-11/h5-6,8,11,13,15H,2-4,7H2,1H3. The molecule has 0 fully saturated rings. The van der Waals surface area contributed by atoms with Gasteiger partial charge in [0.15, 0.2) is 0 Å². The number of aliphatic hydroxyl groups excluding tert-OH is 1. The Kier molecular flexibility index (Phi) is 3.47. The number of halogens is 1. The van der Waals surface area contributed by atoms with Crippen molar-refractivity contribution in [3.8, 4) is 0 Å². The Morgan fingerprint density at radius 3 is 3.00 bits per heavy atom. The van der Waals surface area contributed by atoms with Gasteiger partial charge in [0.05, 0.1) is 6.10 Å². The molecule has 0 amide bonds. The molecule has 2 unspecified atom stereocenters. The second-order valence-corrected chi connectivity index (χ2v) is 5.31. The van der Waals surface area contributed by atoms with E-state index >= 15 is 0 Å². The zero-order chi connectivity index (χ0) is 10.8. The fraction of sp³-hybridized carbons (Fsp3) is 0.538. The molecule has 0 radical (unpaired) electrons.